The number of amides is 1. The van der Waals surface area contributed by atoms with Crippen LogP contribution in [0.2, 0.25) is 5.02 Å². The van der Waals surface area contributed by atoms with Crippen molar-refractivity contribution in [3.05, 3.63) is 28.8 Å². The Bertz CT molecular complexity index is 396. The molecule has 17 heavy (non-hydrogen) atoms. The predicted octanol–water partition coefficient (Wildman–Crippen LogP) is 1.93. The average Bonchev–Trinajstić information content (AvgIpc) is 2.30. The van der Waals surface area contributed by atoms with Crippen LogP contribution in [0, 0.1) is 5.92 Å². The summed E-state index contributed by atoms with van der Waals surface area (Å²) in [6, 6.07) is 4.83. The lowest BCUT2D eigenvalue weighted by Gasteiger charge is -2.11. The second-order valence-electron chi connectivity index (χ2n) is 4.01. The van der Waals surface area contributed by atoms with E-state index in [0.717, 1.165) is 0 Å². The number of carbonyl (C=O) groups is 1. The van der Waals surface area contributed by atoms with E-state index in [1.165, 1.54) is 0 Å². The summed E-state index contributed by atoms with van der Waals surface area (Å²) < 4.78 is 4.99. The van der Waals surface area contributed by atoms with Crippen molar-refractivity contribution in [1.29, 1.82) is 0 Å². The Morgan fingerprint density at radius 2 is 2.29 bits per heavy atom. The van der Waals surface area contributed by atoms with E-state index in [-0.39, 0.29) is 11.8 Å². The number of ether oxygens (including phenoxy) is 1. The molecule has 0 saturated heterocycles. The van der Waals surface area contributed by atoms with E-state index in [2.05, 4.69) is 5.32 Å². The van der Waals surface area contributed by atoms with Gasteiger partial charge in [0.25, 0.3) is 5.91 Å². The molecule has 0 radical (unpaired) electrons. The Kier molecular flexibility index (Phi) is 5.25. The maximum Gasteiger partial charge on any atom is 0.251 e. The average molecular weight is 257 g/mol. The van der Waals surface area contributed by atoms with E-state index < -0.39 is 0 Å². The van der Waals surface area contributed by atoms with Gasteiger partial charge in [0.05, 0.1) is 17.3 Å². The third kappa shape index (κ3) is 4.24. The summed E-state index contributed by atoms with van der Waals surface area (Å²) in [5.41, 5.74) is 6.55. The van der Waals surface area contributed by atoms with Crippen LogP contribution in [0.25, 0.3) is 0 Å². The molecule has 94 valence electrons. The second kappa shape index (κ2) is 6.47. The zero-order chi connectivity index (χ0) is 12.8. The van der Waals surface area contributed by atoms with Gasteiger partial charge in [-0.05, 0) is 24.1 Å². The van der Waals surface area contributed by atoms with Crippen LogP contribution in [-0.2, 0) is 4.74 Å². The van der Waals surface area contributed by atoms with Gasteiger partial charge in [0.1, 0.15) is 0 Å². The van der Waals surface area contributed by atoms with Crippen molar-refractivity contribution in [3.63, 3.8) is 0 Å². The van der Waals surface area contributed by atoms with Crippen molar-refractivity contribution in [2.75, 3.05) is 26.0 Å². The SMILES string of the molecule is COCC(C)CNC(=O)c1ccc(N)c(Cl)c1. The van der Waals surface area contributed by atoms with Crippen LogP contribution in [-0.4, -0.2) is 26.2 Å². The van der Waals surface area contributed by atoms with Gasteiger partial charge in [-0.3, -0.25) is 4.79 Å². The van der Waals surface area contributed by atoms with Crippen molar-refractivity contribution in [2.45, 2.75) is 6.92 Å². The molecule has 0 aliphatic rings. The van der Waals surface area contributed by atoms with Crippen molar-refractivity contribution < 1.29 is 9.53 Å². The lowest BCUT2D eigenvalue weighted by molar-refractivity contribution is 0.0934. The van der Waals surface area contributed by atoms with Gasteiger partial charge in [0.15, 0.2) is 0 Å². The Labute approximate surface area is 106 Å². The molecule has 0 bridgehead atoms. The summed E-state index contributed by atoms with van der Waals surface area (Å²) >= 11 is 5.85. The highest BCUT2D eigenvalue weighted by Crippen LogP contribution is 2.19. The smallest absolute Gasteiger partial charge is 0.251 e. The molecule has 1 unspecified atom stereocenters. The molecule has 0 spiro atoms. The quantitative estimate of drug-likeness (QED) is 0.792. The summed E-state index contributed by atoms with van der Waals surface area (Å²) in [5.74, 6) is 0.114. The van der Waals surface area contributed by atoms with Crippen LogP contribution in [0.5, 0.6) is 0 Å². The van der Waals surface area contributed by atoms with E-state index in [1.807, 2.05) is 6.92 Å². The van der Waals surface area contributed by atoms with Gasteiger partial charge in [-0.15, -0.1) is 0 Å². The molecule has 5 heteroatoms. The zero-order valence-electron chi connectivity index (χ0n) is 10.00. The summed E-state index contributed by atoms with van der Waals surface area (Å²) in [6.07, 6.45) is 0. The van der Waals surface area contributed by atoms with E-state index in [4.69, 9.17) is 22.1 Å². The molecular weight excluding hydrogens is 240 g/mol. The Morgan fingerprint density at radius 1 is 1.59 bits per heavy atom. The molecule has 1 aromatic carbocycles. The molecule has 0 heterocycles. The van der Waals surface area contributed by atoms with Crippen molar-refractivity contribution in [1.82, 2.24) is 5.32 Å². The number of anilines is 1. The van der Waals surface area contributed by atoms with Gasteiger partial charge in [-0.25, -0.2) is 0 Å². The topological polar surface area (TPSA) is 64.3 Å². The molecule has 1 rings (SSSR count). The number of nitrogens with one attached hydrogen (secondary N) is 1. The highest BCUT2D eigenvalue weighted by molar-refractivity contribution is 6.33. The standard InChI is InChI=1S/C12H17ClN2O2/c1-8(7-17-2)6-15-12(16)9-3-4-11(14)10(13)5-9/h3-5,8H,6-7,14H2,1-2H3,(H,15,16). The zero-order valence-corrected chi connectivity index (χ0v) is 10.8. The first-order valence-corrected chi connectivity index (χ1v) is 5.74. The number of hydrogen-bond donors (Lipinski definition) is 2. The van der Waals surface area contributed by atoms with Gasteiger partial charge in [0.2, 0.25) is 0 Å². The number of methoxy groups -OCH3 is 1. The third-order valence-corrected chi connectivity index (χ3v) is 2.65. The second-order valence-corrected chi connectivity index (χ2v) is 4.41. The van der Waals surface area contributed by atoms with Gasteiger partial charge < -0.3 is 15.8 Å². The molecule has 0 fully saturated rings. The molecule has 1 aromatic rings. The van der Waals surface area contributed by atoms with E-state index in [9.17, 15) is 4.79 Å². The largest absolute Gasteiger partial charge is 0.398 e. The summed E-state index contributed by atoms with van der Waals surface area (Å²) in [6.45, 7) is 3.18. The van der Waals surface area contributed by atoms with Gasteiger partial charge in [0, 0.05) is 19.2 Å². The first-order chi connectivity index (χ1) is 8.04. The molecule has 0 saturated carbocycles. The Hall–Kier alpha value is -1.26. The van der Waals surface area contributed by atoms with Crippen LogP contribution >= 0.6 is 11.6 Å². The summed E-state index contributed by atoms with van der Waals surface area (Å²) in [5, 5.41) is 3.20. The van der Waals surface area contributed by atoms with Crippen molar-refractivity contribution >= 4 is 23.2 Å². The lowest BCUT2D eigenvalue weighted by atomic mass is 10.1. The normalized spacial score (nSPS) is 12.2. The minimum absolute atomic E-state index is 0.158. The van der Waals surface area contributed by atoms with Gasteiger partial charge in [-0.1, -0.05) is 18.5 Å². The Morgan fingerprint density at radius 3 is 2.88 bits per heavy atom. The number of nitrogen functional groups attached to an aromatic ring is 1. The number of hydrogen-bond acceptors (Lipinski definition) is 3. The van der Waals surface area contributed by atoms with E-state index in [0.29, 0.717) is 29.4 Å². The fourth-order valence-electron chi connectivity index (χ4n) is 1.38. The van der Waals surface area contributed by atoms with Crippen molar-refractivity contribution in [3.8, 4) is 0 Å². The van der Waals surface area contributed by atoms with Crippen molar-refractivity contribution in [2.24, 2.45) is 5.92 Å². The number of halogens is 1. The molecule has 0 aromatic heterocycles. The first-order valence-electron chi connectivity index (χ1n) is 5.36. The first kappa shape index (κ1) is 13.8. The fraction of sp³-hybridized carbons (Fsp3) is 0.417. The highest BCUT2D eigenvalue weighted by atomic mass is 35.5. The Balaban J connectivity index is 2.55. The maximum atomic E-state index is 11.8. The van der Waals surface area contributed by atoms with Gasteiger partial charge >= 0.3 is 0 Å². The molecule has 1 amide bonds. The maximum absolute atomic E-state index is 11.8. The number of benzene rings is 1. The molecule has 4 nitrogen and oxygen atoms in total. The monoisotopic (exact) mass is 256 g/mol. The summed E-state index contributed by atoms with van der Waals surface area (Å²) in [7, 11) is 1.64. The summed E-state index contributed by atoms with van der Waals surface area (Å²) in [4.78, 5) is 11.8. The van der Waals surface area contributed by atoms with Crippen LogP contribution < -0.4 is 11.1 Å². The minimum Gasteiger partial charge on any atom is -0.398 e. The minimum atomic E-state index is -0.158. The lowest BCUT2D eigenvalue weighted by Crippen LogP contribution is -2.29. The van der Waals surface area contributed by atoms with Gasteiger partial charge in [-0.2, -0.15) is 0 Å². The fourth-order valence-corrected chi connectivity index (χ4v) is 1.56. The number of rotatable bonds is 5. The number of nitrogens with two attached hydrogens (primary N) is 1. The predicted molar refractivity (Wildman–Crippen MR) is 69.2 cm³/mol. The molecular formula is C12H17ClN2O2. The van der Waals surface area contributed by atoms with Crippen LogP contribution in [0.1, 0.15) is 17.3 Å². The molecule has 0 aliphatic carbocycles. The van der Waals surface area contributed by atoms with Crippen LogP contribution in [0.3, 0.4) is 0 Å². The van der Waals surface area contributed by atoms with E-state index >= 15 is 0 Å². The number of carbonyl (C=O) groups excluding carboxylic acids is 1. The third-order valence-electron chi connectivity index (χ3n) is 2.32. The van der Waals surface area contributed by atoms with Crippen LogP contribution in [0.15, 0.2) is 18.2 Å². The highest BCUT2D eigenvalue weighted by Gasteiger charge is 2.09. The van der Waals surface area contributed by atoms with Crippen LogP contribution in [0.4, 0.5) is 5.69 Å². The molecule has 3 N–H and O–H groups in total. The molecule has 0 aliphatic heterocycles. The molecule has 1 atom stereocenters. The van der Waals surface area contributed by atoms with E-state index in [1.54, 1.807) is 25.3 Å².